The van der Waals surface area contributed by atoms with E-state index in [0.29, 0.717) is 0 Å². The lowest BCUT2D eigenvalue weighted by atomic mass is 10.1. The lowest BCUT2D eigenvalue weighted by Crippen LogP contribution is -2.20. The van der Waals surface area contributed by atoms with Crippen LogP contribution in [0.4, 0.5) is 0 Å². The summed E-state index contributed by atoms with van der Waals surface area (Å²) in [5, 5.41) is 8.84. The Hall–Kier alpha value is -0.570. The first-order valence-electron chi connectivity index (χ1n) is 4.42. The van der Waals surface area contributed by atoms with Gasteiger partial charge < -0.3 is 9.84 Å². The number of aliphatic hydroxyl groups excluding tert-OH is 1. The molecule has 2 unspecified atom stereocenters. The van der Waals surface area contributed by atoms with Crippen molar-refractivity contribution >= 4 is 5.97 Å². The van der Waals surface area contributed by atoms with Gasteiger partial charge in [0.2, 0.25) is 0 Å². The first-order chi connectivity index (χ1) is 5.57. The number of rotatable bonds is 5. The second-order valence-electron chi connectivity index (χ2n) is 3.17. The molecule has 0 aliphatic heterocycles. The summed E-state index contributed by atoms with van der Waals surface area (Å²) in [7, 11) is 0. The predicted molar refractivity (Wildman–Crippen MR) is 46.7 cm³/mol. The SMILES string of the molecule is CCCC(C)C(=O)OCC(C)O. The highest BCUT2D eigenvalue weighted by molar-refractivity contribution is 5.71. The Kier molecular flexibility index (Phi) is 5.72. The van der Waals surface area contributed by atoms with Crippen LogP contribution in [0.2, 0.25) is 0 Å². The van der Waals surface area contributed by atoms with Crippen molar-refractivity contribution in [1.29, 1.82) is 0 Å². The number of aliphatic hydroxyl groups is 1. The zero-order chi connectivity index (χ0) is 9.56. The van der Waals surface area contributed by atoms with Crippen LogP contribution in [-0.4, -0.2) is 23.8 Å². The first-order valence-corrected chi connectivity index (χ1v) is 4.42. The molecule has 0 aromatic carbocycles. The van der Waals surface area contributed by atoms with Crippen LogP contribution in [0.15, 0.2) is 0 Å². The topological polar surface area (TPSA) is 46.5 Å². The third kappa shape index (κ3) is 5.13. The zero-order valence-corrected chi connectivity index (χ0v) is 8.04. The standard InChI is InChI=1S/C9H18O3/c1-4-5-7(2)9(11)12-6-8(3)10/h7-8,10H,4-6H2,1-3H3. The van der Waals surface area contributed by atoms with E-state index >= 15 is 0 Å². The van der Waals surface area contributed by atoms with Crippen LogP contribution in [-0.2, 0) is 9.53 Å². The second-order valence-corrected chi connectivity index (χ2v) is 3.17. The van der Waals surface area contributed by atoms with Crippen LogP contribution in [0.25, 0.3) is 0 Å². The van der Waals surface area contributed by atoms with Gasteiger partial charge in [0.05, 0.1) is 12.0 Å². The second kappa shape index (κ2) is 6.00. The number of carbonyl (C=O) groups excluding carboxylic acids is 1. The highest BCUT2D eigenvalue weighted by Crippen LogP contribution is 2.06. The van der Waals surface area contributed by atoms with Gasteiger partial charge in [-0.05, 0) is 13.3 Å². The lowest BCUT2D eigenvalue weighted by Gasteiger charge is -2.11. The molecule has 3 nitrogen and oxygen atoms in total. The van der Waals surface area contributed by atoms with Crippen LogP contribution in [0.3, 0.4) is 0 Å². The van der Waals surface area contributed by atoms with Crippen molar-refractivity contribution in [3.63, 3.8) is 0 Å². The molecule has 0 spiro atoms. The van der Waals surface area contributed by atoms with E-state index < -0.39 is 6.10 Å². The summed E-state index contributed by atoms with van der Waals surface area (Å²) in [5.74, 6) is -0.258. The first kappa shape index (κ1) is 11.4. The van der Waals surface area contributed by atoms with Crippen molar-refractivity contribution in [3.05, 3.63) is 0 Å². The summed E-state index contributed by atoms with van der Waals surface area (Å²) >= 11 is 0. The number of hydrogen-bond acceptors (Lipinski definition) is 3. The summed E-state index contributed by atoms with van der Waals surface area (Å²) in [6.45, 7) is 5.57. The fourth-order valence-corrected chi connectivity index (χ4v) is 0.896. The molecule has 3 heteroatoms. The van der Waals surface area contributed by atoms with Gasteiger partial charge in [-0.15, -0.1) is 0 Å². The molecule has 12 heavy (non-hydrogen) atoms. The lowest BCUT2D eigenvalue weighted by molar-refractivity contribution is -0.150. The van der Waals surface area contributed by atoms with Crippen molar-refractivity contribution in [2.24, 2.45) is 5.92 Å². The molecule has 2 atom stereocenters. The van der Waals surface area contributed by atoms with E-state index in [-0.39, 0.29) is 18.5 Å². The number of ether oxygens (including phenoxy) is 1. The zero-order valence-electron chi connectivity index (χ0n) is 8.04. The van der Waals surface area contributed by atoms with Gasteiger partial charge in [-0.2, -0.15) is 0 Å². The number of hydrogen-bond donors (Lipinski definition) is 1. The number of esters is 1. The normalized spacial score (nSPS) is 15.3. The molecule has 0 radical (unpaired) electrons. The molecular weight excluding hydrogens is 156 g/mol. The van der Waals surface area contributed by atoms with E-state index in [1.54, 1.807) is 6.92 Å². The molecular formula is C9H18O3. The van der Waals surface area contributed by atoms with Gasteiger partial charge in [0.15, 0.2) is 0 Å². The Morgan fingerprint density at radius 2 is 2.08 bits per heavy atom. The minimum absolute atomic E-state index is 0.0475. The van der Waals surface area contributed by atoms with Crippen molar-refractivity contribution in [2.45, 2.75) is 39.7 Å². The van der Waals surface area contributed by atoms with E-state index in [1.165, 1.54) is 0 Å². The van der Waals surface area contributed by atoms with Crippen LogP contribution < -0.4 is 0 Å². The molecule has 0 fully saturated rings. The summed E-state index contributed by atoms with van der Waals surface area (Å²) in [4.78, 5) is 11.1. The fraction of sp³-hybridized carbons (Fsp3) is 0.889. The predicted octanol–water partition coefficient (Wildman–Crippen LogP) is 1.35. The van der Waals surface area contributed by atoms with Crippen LogP contribution in [0.5, 0.6) is 0 Å². The molecule has 0 saturated heterocycles. The molecule has 0 bridgehead atoms. The third-order valence-corrected chi connectivity index (χ3v) is 1.59. The third-order valence-electron chi connectivity index (χ3n) is 1.59. The van der Waals surface area contributed by atoms with Gasteiger partial charge in [0.1, 0.15) is 6.61 Å². The van der Waals surface area contributed by atoms with Crippen LogP contribution >= 0.6 is 0 Å². The molecule has 0 aromatic rings. The molecule has 72 valence electrons. The minimum atomic E-state index is -0.567. The Morgan fingerprint density at radius 1 is 1.50 bits per heavy atom. The Labute approximate surface area is 73.7 Å². The van der Waals surface area contributed by atoms with Gasteiger partial charge >= 0.3 is 5.97 Å². The fourth-order valence-electron chi connectivity index (χ4n) is 0.896. The molecule has 0 heterocycles. The summed E-state index contributed by atoms with van der Waals surface area (Å²) < 4.78 is 4.83. The average molecular weight is 174 g/mol. The van der Waals surface area contributed by atoms with E-state index in [9.17, 15) is 4.79 Å². The Balaban J connectivity index is 3.57. The quantitative estimate of drug-likeness (QED) is 0.640. The average Bonchev–Trinajstić information content (AvgIpc) is 2.00. The summed E-state index contributed by atoms with van der Waals surface area (Å²) in [6, 6.07) is 0. The van der Waals surface area contributed by atoms with Crippen molar-refractivity contribution in [2.75, 3.05) is 6.61 Å². The summed E-state index contributed by atoms with van der Waals surface area (Å²) in [5.41, 5.74) is 0. The molecule has 0 amide bonds. The van der Waals surface area contributed by atoms with Crippen molar-refractivity contribution in [1.82, 2.24) is 0 Å². The van der Waals surface area contributed by atoms with E-state index in [1.807, 2.05) is 13.8 Å². The van der Waals surface area contributed by atoms with Crippen molar-refractivity contribution in [3.8, 4) is 0 Å². The summed E-state index contributed by atoms with van der Waals surface area (Å²) in [6.07, 6.45) is 1.26. The van der Waals surface area contributed by atoms with Gasteiger partial charge in [-0.1, -0.05) is 20.3 Å². The van der Waals surface area contributed by atoms with Gasteiger partial charge in [0.25, 0.3) is 0 Å². The van der Waals surface area contributed by atoms with E-state index in [4.69, 9.17) is 9.84 Å². The molecule has 0 saturated carbocycles. The van der Waals surface area contributed by atoms with Gasteiger partial charge in [0, 0.05) is 0 Å². The molecule has 0 aromatic heterocycles. The highest BCUT2D eigenvalue weighted by Gasteiger charge is 2.13. The van der Waals surface area contributed by atoms with Gasteiger partial charge in [-0.25, -0.2) is 0 Å². The van der Waals surface area contributed by atoms with E-state index in [0.717, 1.165) is 12.8 Å². The minimum Gasteiger partial charge on any atom is -0.463 e. The van der Waals surface area contributed by atoms with Crippen molar-refractivity contribution < 1.29 is 14.6 Å². The molecule has 1 N–H and O–H groups in total. The maximum Gasteiger partial charge on any atom is 0.308 e. The van der Waals surface area contributed by atoms with Gasteiger partial charge in [-0.3, -0.25) is 4.79 Å². The Morgan fingerprint density at radius 3 is 2.50 bits per heavy atom. The maximum absolute atomic E-state index is 11.1. The molecule has 0 rings (SSSR count). The van der Waals surface area contributed by atoms with Crippen LogP contribution in [0, 0.1) is 5.92 Å². The largest absolute Gasteiger partial charge is 0.463 e. The monoisotopic (exact) mass is 174 g/mol. The van der Waals surface area contributed by atoms with E-state index in [2.05, 4.69) is 0 Å². The molecule has 0 aliphatic carbocycles. The smallest absolute Gasteiger partial charge is 0.308 e. The Bertz CT molecular complexity index is 132. The number of carbonyl (C=O) groups is 1. The van der Waals surface area contributed by atoms with Crippen LogP contribution in [0.1, 0.15) is 33.6 Å². The highest BCUT2D eigenvalue weighted by atomic mass is 16.5. The maximum atomic E-state index is 11.1. The molecule has 0 aliphatic rings.